The molecule has 0 rings (SSSR count). The van der Waals surface area contributed by atoms with Gasteiger partial charge >= 0.3 is 11.9 Å². The molecule has 0 aromatic rings. The third-order valence-electron chi connectivity index (χ3n) is 9.42. The van der Waals surface area contributed by atoms with Crippen molar-refractivity contribution in [2.75, 3.05) is 19.8 Å². The molecule has 0 heterocycles. The van der Waals surface area contributed by atoms with Crippen molar-refractivity contribution in [3.63, 3.8) is 0 Å². The lowest BCUT2D eigenvalue weighted by atomic mass is 10.1. The third-order valence-corrected chi connectivity index (χ3v) is 9.42. The van der Waals surface area contributed by atoms with Crippen molar-refractivity contribution in [1.29, 1.82) is 0 Å². The van der Waals surface area contributed by atoms with Crippen LogP contribution in [-0.4, -0.2) is 37.9 Å². The lowest BCUT2D eigenvalue weighted by Gasteiger charge is -2.18. The fourth-order valence-electron chi connectivity index (χ4n) is 5.98. The highest BCUT2D eigenvalue weighted by molar-refractivity contribution is 5.70. The first-order valence-electron chi connectivity index (χ1n) is 23.1. The molecule has 0 bridgehead atoms. The van der Waals surface area contributed by atoms with Crippen molar-refractivity contribution < 1.29 is 23.8 Å². The molecule has 0 fully saturated rings. The smallest absolute Gasteiger partial charge is 0.306 e. The minimum absolute atomic E-state index is 0.0597. The molecule has 0 aliphatic heterocycles. The van der Waals surface area contributed by atoms with Gasteiger partial charge in [0.05, 0.1) is 6.61 Å². The Bertz CT molecular complexity index is 1060. The van der Waals surface area contributed by atoms with Crippen LogP contribution < -0.4 is 0 Å². The summed E-state index contributed by atoms with van der Waals surface area (Å²) in [5.74, 6) is -0.458. The molecule has 0 aliphatic carbocycles. The zero-order valence-corrected chi connectivity index (χ0v) is 36.6. The maximum Gasteiger partial charge on any atom is 0.306 e. The Kier molecular flexibility index (Phi) is 44.0. The van der Waals surface area contributed by atoms with Gasteiger partial charge in [-0.3, -0.25) is 9.59 Å². The summed E-state index contributed by atoms with van der Waals surface area (Å²) in [6, 6.07) is 0. The second-order valence-electron chi connectivity index (χ2n) is 14.9. The van der Waals surface area contributed by atoms with Gasteiger partial charge in [-0.05, 0) is 96.3 Å². The van der Waals surface area contributed by atoms with Crippen molar-refractivity contribution in [2.45, 2.75) is 207 Å². The first-order valence-corrected chi connectivity index (χ1v) is 23.1. The molecule has 0 spiro atoms. The minimum Gasteiger partial charge on any atom is -0.462 e. The predicted molar refractivity (Wildman–Crippen MR) is 242 cm³/mol. The summed E-state index contributed by atoms with van der Waals surface area (Å²) in [6.07, 6.45) is 60.4. The van der Waals surface area contributed by atoms with E-state index in [-0.39, 0.29) is 25.2 Å². The fraction of sp³-hybridized carbons (Fsp3) is 0.686. The van der Waals surface area contributed by atoms with Crippen LogP contribution in [0.1, 0.15) is 201 Å². The van der Waals surface area contributed by atoms with Gasteiger partial charge in [0.1, 0.15) is 6.61 Å². The van der Waals surface area contributed by atoms with Crippen LogP contribution in [-0.2, 0) is 23.8 Å². The van der Waals surface area contributed by atoms with E-state index < -0.39 is 6.10 Å². The van der Waals surface area contributed by atoms with Gasteiger partial charge in [0.15, 0.2) is 6.10 Å². The Balaban J connectivity index is 4.15. The van der Waals surface area contributed by atoms with Gasteiger partial charge in [0, 0.05) is 19.4 Å². The monoisotopic (exact) mass is 779 g/mol. The van der Waals surface area contributed by atoms with E-state index in [0.29, 0.717) is 19.4 Å². The third kappa shape index (κ3) is 43.8. The molecule has 0 saturated carbocycles. The van der Waals surface area contributed by atoms with Crippen molar-refractivity contribution in [3.8, 4) is 0 Å². The summed E-state index contributed by atoms with van der Waals surface area (Å²) >= 11 is 0. The van der Waals surface area contributed by atoms with Crippen molar-refractivity contribution in [3.05, 3.63) is 85.1 Å². The molecular formula is C51H86O5. The molecule has 0 N–H and O–H groups in total. The lowest BCUT2D eigenvalue weighted by molar-refractivity contribution is -0.163. The van der Waals surface area contributed by atoms with Gasteiger partial charge < -0.3 is 14.2 Å². The molecule has 0 radical (unpaired) electrons. The van der Waals surface area contributed by atoms with Gasteiger partial charge in [0.2, 0.25) is 0 Å². The molecule has 1 unspecified atom stereocenters. The van der Waals surface area contributed by atoms with Crippen molar-refractivity contribution >= 4 is 11.9 Å². The van der Waals surface area contributed by atoms with Crippen LogP contribution in [0.2, 0.25) is 0 Å². The summed E-state index contributed by atoms with van der Waals surface area (Å²) in [4.78, 5) is 25.0. The first kappa shape index (κ1) is 53.1. The molecule has 0 saturated heterocycles. The molecule has 0 aromatic carbocycles. The summed E-state index contributed by atoms with van der Waals surface area (Å²) < 4.78 is 17.2. The summed E-state index contributed by atoms with van der Waals surface area (Å²) in [6.45, 7) is 7.54. The number of allylic oxidation sites excluding steroid dienone is 14. The quantitative estimate of drug-likeness (QED) is 0.0351. The molecule has 320 valence electrons. The maximum atomic E-state index is 12.5. The zero-order valence-electron chi connectivity index (χ0n) is 36.6. The Morgan fingerprint density at radius 2 is 0.804 bits per heavy atom. The van der Waals surface area contributed by atoms with Crippen LogP contribution in [0, 0.1) is 0 Å². The van der Waals surface area contributed by atoms with Crippen molar-refractivity contribution in [2.24, 2.45) is 0 Å². The Morgan fingerprint density at radius 3 is 1.34 bits per heavy atom. The summed E-state index contributed by atoms with van der Waals surface area (Å²) in [7, 11) is 0. The molecule has 56 heavy (non-hydrogen) atoms. The van der Waals surface area contributed by atoms with Crippen LogP contribution in [0.15, 0.2) is 85.1 Å². The number of carbonyl (C=O) groups excluding carboxylic acids is 2. The molecule has 1 atom stereocenters. The van der Waals surface area contributed by atoms with Crippen LogP contribution in [0.25, 0.3) is 0 Å². The largest absolute Gasteiger partial charge is 0.462 e. The number of hydrogen-bond donors (Lipinski definition) is 0. The van der Waals surface area contributed by atoms with E-state index in [4.69, 9.17) is 14.2 Å². The average Bonchev–Trinajstić information content (AvgIpc) is 3.20. The van der Waals surface area contributed by atoms with E-state index in [0.717, 1.165) is 96.3 Å². The van der Waals surface area contributed by atoms with Gasteiger partial charge in [-0.1, -0.05) is 176 Å². The molecule has 5 heteroatoms. The Morgan fingerprint density at radius 1 is 0.411 bits per heavy atom. The summed E-state index contributed by atoms with van der Waals surface area (Å²) in [5, 5.41) is 0. The number of rotatable bonds is 41. The number of carbonyl (C=O) groups is 2. The lowest BCUT2D eigenvalue weighted by Crippen LogP contribution is -2.30. The molecule has 5 nitrogen and oxygen atoms in total. The van der Waals surface area contributed by atoms with Gasteiger partial charge in [-0.15, -0.1) is 0 Å². The average molecular weight is 779 g/mol. The standard InChI is InChI=1S/C51H86O5/c1-4-7-10-13-15-17-19-21-23-25-26-27-28-30-32-34-36-39-41-44-50(52)55-48-49(56-51(53)45-42-38-12-9-6-3)47-54-46-43-40-37-35-33-31-29-24-22-20-18-16-14-11-8-5-2/h7,10,15-18,21-24,26-27,30,32,49H,4-6,8-9,11-14,19-20,25,28-29,31,33-48H2,1-3H3/b10-7-,17-15-,18-16-,23-21-,24-22-,27-26-,32-30-. The highest BCUT2D eigenvalue weighted by Crippen LogP contribution is 2.11. The predicted octanol–water partition coefficient (Wildman–Crippen LogP) is 15.3. The first-order chi connectivity index (χ1) is 27.6. The number of hydrogen-bond acceptors (Lipinski definition) is 5. The number of unbranched alkanes of at least 4 members (excludes halogenated alkanes) is 16. The highest BCUT2D eigenvalue weighted by atomic mass is 16.6. The van der Waals surface area contributed by atoms with Crippen LogP contribution in [0.4, 0.5) is 0 Å². The normalized spacial score (nSPS) is 13.0. The SMILES string of the molecule is CC/C=C\C/C=C\C/C=C\C/C=C\C/C=C\CCCCCC(=O)OCC(COCCCCCCCC/C=C\C/C=C\CCCCC)OC(=O)CCCCCCC. The second kappa shape index (κ2) is 46.5. The number of ether oxygens (including phenoxy) is 3. The van der Waals surface area contributed by atoms with Crippen LogP contribution in [0.5, 0.6) is 0 Å². The van der Waals surface area contributed by atoms with Crippen molar-refractivity contribution in [1.82, 2.24) is 0 Å². The van der Waals surface area contributed by atoms with E-state index in [2.05, 4.69) is 106 Å². The molecule has 0 aliphatic rings. The number of esters is 2. The minimum atomic E-state index is -0.554. The van der Waals surface area contributed by atoms with Gasteiger partial charge in [-0.2, -0.15) is 0 Å². The van der Waals surface area contributed by atoms with E-state index in [1.807, 2.05) is 0 Å². The maximum absolute atomic E-state index is 12.5. The topological polar surface area (TPSA) is 61.8 Å². The van der Waals surface area contributed by atoms with E-state index in [1.165, 1.54) is 70.6 Å². The molecule has 0 aromatic heterocycles. The fourth-order valence-corrected chi connectivity index (χ4v) is 5.98. The van der Waals surface area contributed by atoms with Gasteiger partial charge in [0.25, 0.3) is 0 Å². The summed E-state index contributed by atoms with van der Waals surface area (Å²) in [5.41, 5.74) is 0. The second-order valence-corrected chi connectivity index (χ2v) is 14.9. The molecular weight excluding hydrogens is 693 g/mol. The zero-order chi connectivity index (χ0) is 40.7. The highest BCUT2D eigenvalue weighted by Gasteiger charge is 2.17. The van der Waals surface area contributed by atoms with E-state index in [1.54, 1.807) is 0 Å². The van der Waals surface area contributed by atoms with Crippen LogP contribution in [0.3, 0.4) is 0 Å². The molecule has 0 amide bonds. The van der Waals surface area contributed by atoms with E-state index >= 15 is 0 Å². The van der Waals surface area contributed by atoms with Gasteiger partial charge in [-0.25, -0.2) is 0 Å². The Hall–Kier alpha value is -2.92. The Labute approximate surface area is 346 Å². The van der Waals surface area contributed by atoms with Crippen LogP contribution >= 0.6 is 0 Å². The van der Waals surface area contributed by atoms with E-state index in [9.17, 15) is 9.59 Å².